The van der Waals surface area contributed by atoms with Gasteiger partial charge >= 0.3 is 5.69 Å². The van der Waals surface area contributed by atoms with Gasteiger partial charge in [0.05, 0.1) is 21.6 Å². The first kappa shape index (κ1) is 21.0. The van der Waals surface area contributed by atoms with Gasteiger partial charge in [0.25, 0.3) is 5.91 Å². The maximum atomic E-state index is 12.3. The van der Waals surface area contributed by atoms with E-state index in [0.29, 0.717) is 10.7 Å². The minimum absolute atomic E-state index is 0.133. The number of phenols is 1. The standard InChI is InChI=1S/C18H13Cl2N3O5/c1-2-28-16-7-10(6-15(17(16)24)23(26)27)5-11(9-21)18(25)22-12-3-4-13(19)14(20)8-12/h3-8,24H,2H2,1H3,(H,22,25)/b11-5+. The Hall–Kier alpha value is -3.28. The molecule has 0 saturated heterocycles. The number of nitro groups is 1. The van der Waals surface area contributed by atoms with Crippen LogP contribution in [0.3, 0.4) is 0 Å². The lowest BCUT2D eigenvalue weighted by Crippen LogP contribution is -2.13. The van der Waals surface area contributed by atoms with Crippen LogP contribution in [-0.2, 0) is 4.79 Å². The van der Waals surface area contributed by atoms with Crippen molar-refractivity contribution < 1.29 is 19.6 Å². The number of carbonyl (C=O) groups excluding carboxylic acids is 1. The summed E-state index contributed by atoms with van der Waals surface area (Å²) < 4.78 is 5.17. The Labute approximate surface area is 169 Å². The van der Waals surface area contributed by atoms with Crippen molar-refractivity contribution in [3.63, 3.8) is 0 Å². The fraction of sp³-hybridized carbons (Fsp3) is 0.111. The lowest BCUT2D eigenvalue weighted by Gasteiger charge is -2.08. The zero-order valence-electron chi connectivity index (χ0n) is 14.4. The third kappa shape index (κ3) is 4.91. The topological polar surface area (TPSA) is 125 Å². The van der Waals surface area contributed by atoms with Gasteiger partial charge in [-0.1, -0.05) is 23.2 Å². The number of halogens is 2. The average Bonchev–Trinajstić information content (AvgIpc) is 2.64. The Balaban J connectivity index is 2.39. The first-order chi connectivity index (χ1) is 13.3. The van der Waals surface area contributed by atoms with Crippen molar-refractivity contribution in [3.8, 4) is 17.6 Å². The average molecular weight is 422 g/mol. The molecule has 2 rings (SSSR count). The summed E-state index contributed by atoms with van der Waals surface area (Å²) in [4.78, 5) is 22.7. The third-order valence-electron chi connectivity index (χ3n) is 3.43. The number of hydrogen-bond donors (Lipinski definition) is 2. The van der Waals surface area contributed by atoms with Crippen molar-refractivity contribution in [1.29, 1.82) is 5.26 Å². The highest BCUT2D eigenvalue weighted by Crippen LogP contribution is 2.37. The summed E-state index contributed by atoms with van der Waals surface area (Å²) in [6.07, 6.45) is 1.14. The highest BCUT2D eigenvalue weighted by Gasteiger charge is 2.20. The molecule has 0 aliphatic rings. The number of phenolic OH excluding ortho intramolecular Hbond substituents is 1. The maximum Gasteiger partial charge on any atom is 0.315 e. The van der Waals surface area contributed by atoms with Crippen molar-refractivity contribution in [2.75, 3.05) is 11.9 Å². The Morgan fingerprint density at radius 2 is 2.07 bits per heavy atom. The molecule has 0 saturated carbocycles. The number of carbonyl (C=O) groups is 1. The highest BCUT2D eigenvalue weighted by molar-refractivity contribution is 6.42. The van der Waals surface area contributed by atoms with Gasteiger partial charge in [-0.25, -0.2) is 0 Å². The Morgan fingerprint density at radius 3 is 2.64 bits per heavy atom. The minimum Gasteiger partial charge on any atom is -0.500 e. The molecule has 0 aliphatic carbocycles. The molecule has 2 aromatic carbocycles. The van der Waals surface area contributed by atoms with Gasteiger partial charge in [0.2, 0.25) is 5.75 Å². The molecule has 0 atom stereocenters. The summed E-state index contributed by atoms with van der Waals surface area (Å²) in [7, 11) is 0. The van der Waals surface area contributed by atoms with Crippen LogP contribution in [0.5, 0.6) is 11.5 Å². The number of benzene rings is 2. The Bertz CT molecular complexity index is 1020. The van der Waals surface area contributed by atoms with Crippen LogP contribution in [-0.4, -0.2) is 22.5 Å². The number of nitro benzene ring substituents is 1. The van der Waals surface area contributed by atoms with Gasteiger partial charge in [-0.2, -0.15) is 5.26 Å². The summed E-state index contributed by atoms with van der Waals surface area (Å²) in [6, 6.07) is 8.44. The second-order valence-corrected chi connectivity index (χ2v) is 6.14. The van der Waals surface area contributed by atoms with E-state index >= 15 is 0 Å². The lowest BCUT2D eigenvalue weighted by atomic mass is 10.1. The van der Waals surface area contributed by atoms with Crippen LogP contribution in [0.15, 0.2) is 35.9 Å². The molecule has 0 fully saturated rings. The SMILES string of the molecule is CCOc1cc(/C=C(\C#N)C(=O)Nc2ccc(Cl)c(Cl)c2)cc([N+](=O)[O-])c1O. The molecule has 2 aromatic rings. The summed E-state index contributed by atoms with van der Waals surface area (Å²) >= 11 is 11.7. The molecule has 2 N–H and O–H groups in total. The normalized spacial score (nSPS) is 10.9. The number of hydrogen-bond acceptors (Lipinski definition) is 6. The summed E-state index contributed by atoms with van der Waals surface area (Å²) in [5.41, 5.74) is -0.492. The second kappa shape index (κ2) is 9.08. The number of aromatic hydroxyl groups is 1. The van der Waals surface area contributed by atoms with Crippen molar-refractivity contribution in [1.82, 2.24) is 0 Å². The molecule has 10 heteroatoms. The molecule has 0 aliphatic heterocycles. The van der Waals surface area contributed by atoms with Crippen LogP contribution in [0.1, 0.15) is 12.5 Å². The quantitative estimate of drug-likeness (QED) is 0.304. The predicted molar refractivity (Wildman–Crippen MR) is 105 cm³/mol. The number of ether oxygens (including phenoxy) is 1. The number of amides is 1. The van der Waals surface area contributed by atoms with Crippen molar-refractivity contribution >= 4 is 46.6 Å². The number of anilines is 1. The highest BCUT2D eigenvalue weighted by atomic mass is 35.5. The summed E-state index contributed by atoms with van der Waals surface area (Å²) in [5.74, 6) is -1.53. The van der Waals surface area contributed by atoms with E-state index < -0.39 is 22.3 Å². The van der Waals surface area contributed by atoms with E-state index in [-0.39, 0.29) is 28.5 Å². The molecule has 0 unspecified atom stereocenters. The van der Waals surface area contributed by atoms with Gasteiger partial charge < -0.3 is 15.2 Å². The van der Waals surface area contributed by atoms with E-state index in [0.717, 1.165) is 12.1 Å². The Morgan fingerprint density at radius 1 is 1.36 bits per heavy atom. The molecule has 28 heavy (non-hydrogen) atoms. The zero-order chi connectivity index (χ0) is 20.8. The molecule has 0 bridgehead atoms. The third-order valence-corrected chi connectivity index (χ3v) is 4.17. The molecule has 1 amide bonds. The molecule has 0 spiro atoms. The molecular formula is C18H13Cl2N3O5. The molecular weight excluding hydrogens is 409 g/mol. The summed E-state index contributed by atoms with van der Waals surface area (Å²) in [5, 5.41) is 33.3. The van der Waals surface area contributed by atoms with Crippen LogP contribution in [0.2, 0.25) is 10.0 Å². The number of nitrogens with one attached hydrogen (secondary N) is 1. The van der Waals surface area contributed by atoms with Gasteiger partial charge in [-0.3, -0.25) is 14.9 Å². The molecule has 8 nitrogen and oxygen atoms in total. The van der Waals surface area contributed by atoms with Gasteiger partial charge in [0.15, 0.2) is 5.75 Å². The van der Waals surface area contributed by atoms with Gasteiger partial charge in [0.1, 0.15) is 11.6 Å². The van der Waals surface area contributed by atoms with Crippen LogP contribution in [0.4, 0.5) is 11.4 Å². The van der Waals surface area contributed by atoms with E-state index in [1.807, 2.05) is 0 Å². The number of nitrogens with zero attached hydrogens (tertiary/aromatic N) is 2. The minimum atomic E-state index is -0.795. The molecule has 0 heterocycles. The van der Waals surface area contributed by atoms with Gasteiger partial charge in [-0.15, -0.1) is 0 Å². The first-order valence-electron chi connectivity index (χ1n) is 7.79. The molecule has 144 valence electrons. The van der Waals surface area contributed by atoms with Gasteiger partial charge in [0, 0.05) is 11.8 Å². The lowest BCUT2D eigenvalue weighted by molar-refractivity contribution is -0.386. The molecule has 0 aromatic heterocycles. The van der Waals surface area contributed by atoms with Crippen molar-refractivity contribution in [2.45, 2.75) is 6.92 Å². The van der Waals surface area contributed by atoms with Crippen LogP contribution >= 0.6 is 23.2 Å². The Kier molecular flexibility index (Phi) is 6.82. The smallest absolute Gasteiger partial charge is 0.315 e. The van der Waals surface area contributed by atoms with E-state index in [4.69, 9.17) is 27.9 Å². The fourth-order valence-electron chi connectivity index (χ4n) is 2.19. The van der Waals surface area contributed by atoms with E-state index in [9.17, 15) is 25.3 Å². The predicted octanol–water partition coefficient (Wildman–Crippen LogP) is 4.55. The number of nitriles is 1. The van der Waals surface area contributed by atoms with E-state index in [1.165, 1.54) is 24.3 Å². The van der Waals surface area contributed by atoms with Gasteiger partial charge in [-0.05, 0) is 42.8 Å². The van der Waals surface area contributed by atoms with E-state index in [2.05, 4.69) is 5.32 Å². The summed E-state index contributed by atoms with van der Waals surface area (Å²) in [6.45, 7) is 1.79. The fourth-order valence-corrected chi connectivity index (χ4v) is 2.49. The maximum absolute atomic E-state index is 12.3. The van der Waals surface area contributed by atoms with Crippen molar-refractivity contribution in [3.05, 3.63) is 61.6 Å². The monoisotopic (exact) mass is 421 g/mol. The number of rotatable bonds is 6. The van der Waals surface area contributed by atoms with Crippen LogP contribution in [0.25, 0.3) is 6.08 Å². The largest absolute Gasteiger partial charge is 0.500 e. The van der Waals surface area contributed by atoms with Crippen LogP contribution in [0, 0.1) is 21.4 Å². The zero-order valence-corrected chi connectivity index (χ0v) is 15.9. The van der Waals surface area contributed by atoms with Crippen LogP contribution < -0.4 is 10.1 Å². The second-order valence-electron chi connectivity index (χ2n) is 5.33. The first-order valence-corrected chi connectivity index (χ1v) is 8.54. The van der Waals surface area contributed by atoms with E-state index in [1.54, 1.807) is 13.0 Å². The molecule has 0 radical (unpaired) electrons. The van der Waals surface area contributed by atoms with Crippen molar-refractivity contribution in [2.24, 2.45) is 0 Å².